The summed E-state index contributed by atoms with van der Waals surface area (Å²) in [7, 11) is 0. The van der Waals surface area contributed by atoms with Gasteiger partial charge in [-0.15, -0.1) is 0 Å². The molecular weight excluding hydrogens is 340 g/mol. The fourth-order valence-electron chi connectivity index (χ4n) is 1.56. The molecule has 0 aliphatic rings. The van der Waals surface area contributed by atoms with Crippen LogP contribution >= 0.6 is 0 Å². The Balaban J connectivity index is 0.00000129. The highest BCUT2D eigenvalue weighted by Gasteiger charge is 2.25. The second kappa shape index (κ2) is 12.8. The van der Waals surface area contributed by atoms with Gasteiger partial charge in [0.1, 0.15) is 13.2 Å². The van der Waals surface area contributed by atoms with Crippen molar-refractivity contribution in [2.24, 2.45) is 0 Å². The number of aliphatic hydroxyl groups is 4. The molecule has 0 aliphatic heterocycles. The lowest BCUT2D eigenvalue weighted by Crippen LogP contribution is -2.19. The van der Waals surface area contributed by atoms with Crippen LogP contribution in [-0.2, 0) is 9.47 Å². The first-order valence-electron chi connectivity index (χ1n) is 7.08. The van der Waals surface area contributed by atoms with Gasteiger partial charge in [0.25, 0.3) is 0 Å². The summed E-state index contributed by atoms with van der Waals surface area (Å²) in [6.45, 7) is -1.66. The zero-order chi connectivity index (χ0) is 19.2. The lowest BCUT2D eigenvalue weighted by molar-refractivity contribution is 0.0416. The molecule has 0 atom stereocenters. The van der Waals surface area contributed by atoms with Gasteiger partial charge in [0.15, 0.2) is 0 Å². The lowest BCUT2D eigenvalue weighted by atomic mass is 10.0. The summed E-state index contributed by atoms with van der Waals surface area (Å²) in [6.07, 6.45) is 0. The van der Waals surface area contributed by atoms with Gasteiger partial charge in [-0.3, -0.25) is 0 Å². The van der Waals surface area contributed by atoms with E-state index in [0.717, 1.165) is 0 Å². The molecule has 10 heteroatoms. The molecule has 0 spiro atoms. The first kappa shape index (κ1) is 22.5. The maximum absolute atomic E-state index is 11.7. The van der Waals surface area contributed by atoms with Crippen molar-refractivity contribution in [1.29, 1.82) is 0 Å². The number of aromatic carboxylic acids is 1. The summed E-state index contributed by atoms with van der Waals surface area (Å²) in [5, 5.41) is 41.6. The largest absolute Gasteiger partial charge is 0.478 e. The van der Waals surface area contributed by atoms with E-state index in [4.69, 9.17) is 20.4 Å². The van der Waals surface area contributed by atoms with Gasteiger partial charge < -0.3 is 35.0 Å². The van der Waals surface area contributed by atoms with E-state index in [1.165, 1.54) is 18.2 Å². The Morgan fingerprint density at radius 1 is 0.760 bits per heavy atom. The van der Waals surface area contributed by atoms with Crippen LogP contribution in [0, 0.1) is 0 Å². The summed E-state index contributed by atoms with van der Waals surface area (Å²) in [4.78, 5) is 34.7. The van der Waals surface area contributed by atoms with Crippen LogP contribution < -0.4 is 0 Å². The van der Waals surface area contributed by atoms with E-state index in [2.05, 4.69) is 9.47 Å². The van der Waals surface area contributed by atoms with Crippen molar-refractivity contribution >= 4 is 17.9 Å². The van der Waals surface area contributed by atoms with Crippen LogP contribution in [0.3, 0.4) is 0 Å². The molecule has 0 unspecified atom stereocenters. The van der Waals surface area contributed by atoms with Crippen LogP contribution in [0.2, 0.25) is 0 Å². The standard InChI is InChI=1S/C13H14O8.C2H6O2/c14-4-6-20-12(18)8-2-1-3-9(10(8)11(16)17)13(19)21-7-5-15;3-1-2-4/h1-3,14-15H,4-7H2,(H,16,17);3-4H,1-2H2. The molecule has 0 saturated carbocycles. The molecule has 25 heavy (non-hydrogen) atoms. The summed E-state index contributed by atoms with van der Waals surface area (Å²) in [5.41, 5.74) is -1.20. The van der Waals surface area contributed by atoms with Gasteiger partial charge in [-0.25, -0.2) is 14.4 Å². The quantitative estimate of drug-likeness (QED) is 0.349. The Morgan fingerprint density at radius 2 is 1.16 bits per heavy atom. The van der Waals surface area contributed by atoms with Crippen molar-refractivity contribution in [2.45, 2.75) is 0 Å². The Kier molecular flexibility index (Phi) is 11.5. The smallest absolute Gasteiger partial charge is 0.339 e. The van der Waals surface area contributed by atoms with Crippen LogP contribution in [0.15, 0.2) is 18.2 Å². The van der Waals surface area contributed by atoms with Crippen LogP contribution in [0.5, 0.6) is 0 Å². The van der Waals surface area contributed by atoms with Crippen molar-refractivity contribution in [2.75, 3.05) is 39.6 Å². The topological polar surface area (TPSA) is 171 Å². The molecule has 0 radical (unpaired) electrons. The Bertz CT molecular complexity index is 529. The summed E-state index contributed by atoms with van der Waals surface area (Å²) in [6, 6.07) is 3.68. The summed E-state index contributed by atoms with van der Waals surface area (Å²) >= 11 is 0. The summed E-state index contributed by atoms with van der Waals surface area (Å²) < 4.78 is 9.28. The Morgan fingerprint density at radius 3 is 1.44 bits per heavy atom. The second-order valence-corrected chi connectivity index (χ2v) is 4.20. The molecule has 0 amide bonds. The van der Waals surface area contributed by atoms with E-state index in [1.807, 2.05) is 0 Å². The van der Waals surface area contributed by atoms with E-state index >= 15 is 0 Å². The van der Waals surface area contributed by atoms with Crippen molar-refractivity contribution < 1.29 is 49.4 Å². The average Bonchev–Trinajstić information content (AvgIpc) is 2.63. The van der Waals surface area contributed by atoms with Gasteiger partial charge in [-0.1, -0.05) is 6.07 Å². The van der Waals surface area contributed by atoms with E-state index in [9.17, 15) is 19.5 Å². The molecule has 5 N–H and O–H groups in total. The minimum Gasteiger partial charge on any atom is -0.478 e. The monoisotopic (exact) mass is 360 g/mol. The summed E-state index contributed by atoms with van der Waals surface area (Å²) in [5.74, 6) is -3.45. The van der Waals surface area contributed by atoms with Crippen molar-refractivity contribution in [1.82, 2.24) is 0 Å². The SMILES string of the molecule is O=C(OCCO)c1cccc(C(=O)OCCO)c1C(=O)O.OCCO. The maximum atomic E-state index is 11.7. The maximum Gasteiger partial charge on any atom is 0.339 e. The molecule has 0 aromatic heterocycles. The third kappa shape index (κ3) is 7.72. The van der Waals surface area contributed by atoms with E-state index in [0.29, 0.717) is 0 Å². The van der Waals surface area contributed by atoms with Gasteiger partial charge in [-0.2, -0.15) is 0 Å². The van der Waals surface area contributed by atoms with E-state index in [-0.39, 0.29) is 37.6 Å². The number of benzene rings is 1. The van der Waals surface area contributed by atoms with Crippen LogP contribution in [0.25, 0.3) is 0 Å². The van der Waals surface area contributed by atoms with Crippen LogP contribution in [-0.4, -0.2) is 83.1 Å². The number of hydrogen-bond donors (Lipinski definition) is 5. The number of aliphatic hydroxyl groups excluding tert-OH is 4. The Hall–Kier alpha value is -2.53. The predicted molar refractivity (Wildman–Crippen MR) is 82.3 cm³/mol. The number of carbonyl (C=O) groups is 3. The normalized spacial score (nSPS) is 9.60. The number of hydrogen-bond acceptors (Lipinski definition) is 9. The molecule has 1 rings (SSSR count). The third-order valence-electron chi connectivity index (χ3n) is 2.47. The first-order valence-corrected chi connectivity index (χ1v) is 7.08. The van der Waals surface area contributed by atoms with Gasteiger partial charge >= 0.3 is 17.9 Å². The molecule has 1 aromatic rings. The predicted octanol–water partition coefficient (Wildman–Crippen LogP) is -1.35. The number of carboxylic acids is 1. The molecule has 0 saturated heterocycles. The van der Waals surface area contributed by atoms with Crippen LogP contribution in [0.4, 0.5) is 0 Å². The molecule has 0 aliphatic carbocycles. The highest BCUT2D eigenvalue weighted by molar-refractivity contribution is 6.09. The average molecular weight is 360 g/mol. The molecular formula is C15H20O10. The fraction of sp³-hybridized carbons (Fsp3) is 0.400. The number of ether oxygens (including phenoxy) is 2. The van der Waals surface area contributed by atoms with Gasteiger partial charge in [0.2, 0.25) is 0 Å². The number of carbonyl (C=O) groups excluding carboxylic acids is 2. The zero-order valence-corrected chi connectivity index (χ0v) is 13.3. The van der Waals surface area contributed by atoms with Gasteiger partial charge in [-0.05, 0) is 12.1 Å². The molecule has 0 bridgehead atoms. The lowest BCUT2D eigenvalue weighted by Gasteiger charge is -2.10. The van der Waals surface area contributed by atoms with Crippen molar-refractivity contribution in [3.05, 3.63) is 34.9 Å². The molecule has 1 aromatic carbocycles. The van der Waals surface area contributed by atoms with Crippen molar-refractivity contribution in [3.8, 4) is 0 Å². The van der Waals surface area contributed by atoms with E-state index in [1.54, 1.807) is 0 Å². The second-order valence-electron chi connectivity index (χ2n) is 4.20. The fourth-order valence-corrected chi connectivity index (χ4v) is 1.56. The highest BCUT2D eigenvalue weighted by atomic mass is 16.5. The number of rotatable bonds is 8. The van der Waals surface area contributed by atoms with Gasteiger partial charge in [0, 0.05) is 0 Å². The van der Waals surface area contributed by atoms with Crippen LogP contribution in [0.1, 0.15) is 31.1 Å². The van der Waals surface area contributed by atoms with Gasteiger partial charge in [0.05, 0.1) is 43.1 Å². The molecule has 10 nitrogen and oxygen atoms in total. The Labute approximate surface area is 142 Å². The van der Waals surface area contributed by atoms with E-state index < -0.39 is 36.7 Å². The minimum absolute atomic E-state index is 0.125. The first-order chi connectivity index (χ1) is 11.9. The molecule has 140 valence electrons. The molecule has 0 fully saturated rings. The number of esters is 2. The minimum atomic E-state index is -1.50. The zero-order valence-electron chi connectivity index (χ0n) is 13.3. The highest BCUT2D eigenvalue weighted by Crippen LogP contribution is 2.17. The third-order valence-corrected chi connectivity index (χ3v) is 2.47. The number of carboxylic acid groups (broad SMARTS) is 1. The van der Waals surface area contributed by atoms with Crippen molar-refractivity contribution in [3.63, 3.8) is 0 Å². The molecule has 0 heterocycles.